The summed E-state index contributed by atoms with van der Waals surface area (Å²) in [6, 6.07) is 27.8. The van der Waals surface area contributed by atoms with Crippen molar-refractivity contribution in [3.05, 3.63) is 107 Å². The number of hydrogen-bond donors (Lipinski definition) is 1. The fourth-order valence-corrected chi connectivity index (χ4v) is 4.13. The summed E-state index contributed by atoms with van der Waals surface area (Å²) >= 11 is 0. The van der Waals surface area contributed by atoms with Crippen LogP contribution in [0.2, 0.25) is 0 Å². The van der Waals surface area contributed by atoms with E-state index in [-0.39, 0.29) is 17.7 Å². The van der Waals surface area contributed by atoms with Crippen molar-refractivity contribution in [3.8, 4) is 0 Å². The van der Waals surface area contributed by atoms with E-state index in [1.165, 1.54) is 0 Å². The van der Waals surface area contributed by atoms with Gasteiger partial charge >= 0.3 is 0 Å². The Labute approximate surface area is 204 Å². The van der Waals surface area contributed by atoms with Gasteiger partial charge in [-0.2, -0.15) is 0 Å². The maximum absolute atomic E-state index is 13.8. The first-order chi connectivity index (χ1) is 16.3. The van der Waals surface area contributed by atoms with E-state index in [9.17, 15) is 9.59 Å². The molecule has 0 bridgehead atoms. The van der Waals surface area contributed by atoms with Gasteiger partial charge in [0, 0.05) is 25.4 Å². The molecule has 34 heavy (non-hydrogen) atoms. The van der Waals surface area contributed by atoms with E-state index < -0.39 is 6.04 Å². The Bertz CT molecular complexity index is 1020. The summed E-state index contributed by atoms with van der Waals surface area (Å²) in [5.74, 6) is 0.107. The molecule has 0 saturated heterocycles. The maximum Gasteiger partial charge on any atom is 0.242 e. The molecule has 1 atom stereocenters. The van der Waals surface area contributed by atoms with Crippen molar-refractivity contribution in [2.75, 3.05) is 6.54 Å². The Morgan fingerprint density at radius 1 is 0.824 bits per heavy atom. The lowest BCUT2D eigenvalue weighted by Crippen LogP contribution is -2.48. The van der Waals surface area contributed by atoms with E-state index in [1.807, 2.05) is 68.4 Å². The van der Waals surface area contributed by atoms with Crippen molar-refractivity contribution >= 4 is 11.8 Å². The SMILES string of the molecule is Cc1cccc(CN(C(=O)CC(c2ccccc2)c2ccccc2)[C@@H](C)C(=O)NCC(C)C)c1. The Balaban J connectivity index is 1.89. The second kappa shape index (κ2) is 12.2. The van der Waals surface area contributed by atoms with Gasteiger partial charge in [-0.3, -0.25) is 9.59 Å². The van der Waals surface area contributed by atoms with Crippen molar-refractivity contribution < 1.29 is 9.59 Å². The second-order valence-electron chi connectivity index (χ2n) is 9.40. The van der Waals surface area contributed by atoms with Gasteiger partial charge < -0.3 is 10.2 Å². The monoisotopic (exact) mass is 456 g/mol. The maximum atomic E-state index is 13.8. The van der Waals surface area contributed by atoms with Crippen LogP contribution < -0.4 is 5.32 Å². The van der Waals surface area contributed by atoms with Gasteiger partial charge in [0.2, 0.25) is 11.8 Å². The van der Waals surface area contributed by atoms with Crippen molar-refractivity contribution in [2.45, 2.75) is 52.6 Å². The van der Waals surface area contributed by atoms with Crippen LogP contribution in [0.25, 0.3) is 0 Å². The molecule has 0 spiro atoms. The van der Waals surface area contributed by atoms with E-state index in [0.29, 0.717) is 25.4 Å². The number of nitrogens with one attached hydrogen (secondary N) is 1. The molecule has 0 aliphatic carbocycles. The minimum Gasteiger partial charge on any atom is -0.354 e. The Kier molecular flexibility index (Phi) is 9.03. The quantitative estimate of drug-likeness (QED) is 0.425. The molecule has 1 N–H and O–H groups in total. The molecule has 0 radical (unpaired) electrons. The topological polar surface area (TPSA) is 49.4 Å². The van der Waals surface area contributed by atoms with Crippen molar-refractivity contribution in [3.63, 3.8) is 0 Å². The molecule has 3 rings (SSSR count). The number of carbonyl (C=O) groups is 2. The van der Waals surface area contributed by atoms with Gasteiger partial charge in [0.15, 0.2) is 0 Å². The molecule has 0 fully saturated rings. The molecule has 0 aromatic heterocycles. The molecule has 0 unspecified atom stereocenters. The van der Waals surface area contributed by atoms with Gasteiger partial charge in [0.25, 0.3) is 0 Å². The number of benzene rings is 3. The zero-order chi connectivity index (χ0) is 24.5. The summed E-state index contributed by atoms with van der Waals surface area (Å²) in [5.41, 5.74) is 4.34. The van der Waals surface area contributed by atoms with Crippen LogP contribution in [0.3, 0.4) is 0 Å². The van der Waals surface area contributed by atoms with Crippen LogP contribution in [0, 0.1) is 12.8 Å². The highest BCUT2D eigenvalue weighted by atomic mass is 16.2. The normalized spacial score (nSPS) is 11.9. The molecule has 0 saturated carbocycles. The largest absolute Gasteiger partial charge is 0.354 e. The van der Waals surface area contributed by atoms with Gasteiger partial charge in [0.1, 0.15) is 6.04 Å². The number of hydrogen-bond acceptors (Lipinski definition) is 2. The predicted molar refractivity (Wildman–Crippen MR) is 138 cm³/mol. The first-order valence-electron chi connectivity index (χ1n) is 12.1. The van der Waals surface area contributed by atoms with Gasteiger partial charge in [0.05, 0.1) is 0 Å². The van der Waals surface area contributed by atoms with Crippen LogP contribution in [0.5, 0.6) is 0 Å². The number of carbonyl (C=O) groups excluding carboxylic acids is 2. The highest BCUT2D eigenvalue weighted by molar-refractivity contribution is 5.87. The van der Waals surface area contributed by atoms with Gasteiger partial charge in [-0.25, -0.2) is 0 Å². The Hall–Kier alpha value is -3.40. The van der Waals surface area contributed by atoms with Crippen molar-refractivity contribution in [1.82, 2.24) is 10.2 Å². The van der Waals surface area contributed by atoms with Crippen LogP contribution >= 0.6 is 0 Å². The van der Waals surface area contributed by atoms with E-state index >= 15 is 0 Å². The van der Waals surface area contributed by atoms with Gasteiger partial charge in [-0.1, -0.05) is 104 Å². The number of aryl methyl sites for hydroxylation is 1. The predicted octanol–water partition coefficient (Wildman–Crippen LogP) is 5.71. The van der Waals surface area contributed by atoms with E-state index in [1.54, 1.807) is 4.90 Å². The minimum atomic E-state index is -0.570. The smallest absolute Gasteiger partial charge is 0.242 e. The minimum absolute atomic E-state index is 0.0357. The molecule has 2 amide bonds. The molecule has 4 heteroatoms. The standard InChI is InChI=1S/C30H36N2O2/c1-22(2)20-31-30(34)24(4)32(21-25-13-11-12-23(3)18-25)29(33)19-28(26-14-7-5-8-15-26)27-16-9-6-10-17-27/h5-18,22,24,28H,19-21H2,1-4H3,(H,31,34)/t24-/m0/s1. The lowest BCUT2D eigenvalue weighted by Gasteiger charge is -2.31. The highest BCUT2D eigenvalue weighted by Gasteiger charge is 2.29. The Morgan fingerprint density at radius 2 is 1.41 bits per heavy atom. The van der Waals surface area contributed by atoms with Crippen LogP contribution in [0.1, 0.15) is 55.4 Å². The second-order valence-corrected chi connectivity index (χ2v) is 9.40. The van der Waals surface area contributed by atoms with Crippen LogP contribution in [0.15, 0.2) is 84.9 Å². The molecule has 0 aliphatic rings. The lowest BCUT2D eigenvalue weighted by molar-refractivity contribution is -0.140. The average molecular weight is 457 g/mol. The zero-order valence-electron chi connectivity index (χ0n) is 20.7. The number of amides is 2. The fraction of sp³-hybridized carbons (Fsp3) is 0.333. The molecule has 178 valence electrons. The summed E-state index contributed by atoms with van der Waals surface area (Å²) < 4.78 is 0. The molecule has 4 nitrogen and oxygen atoms in total. The van der Waals surface area contributed by atoms with Crippen molar-refractivity contribution in [1.29, 1.82) is 0 Å². The molecule has 0 heterocycles. The third-order valence-corrected chi connectivity index (χ3v) is 6.07. The summed E-state index contributed by atoms with van der Waals surface area (Å²) in [5, 5.41) is 3.00. The average Bonchev–Trinajstić information content (AvgIpc) is 2.85. The zero-order valence-corrected chi connectivity index (χ0v) is 20.7. The van der Waals surface area contributed by atoms with Gasteiger partial charge in [-0.15, -0.1) is 0 Å². The summed E-state index contributed by atoms with van der Waals surface area (Å²) in [7, 11) is 0. The first-order valence-corrected chi connectivity index (χ1v) is 12.1. The van der Waals surface area contributed by atoms with Gasteiger partial charge in [-0.05, 0) is 36.5 Å². The third-order valence-electron chi connectivity index (χ3n) is 6.07. The lowest BCUT2D eigenvalue weighted by atomic mass is 9.88. The molecule has 0 aliphatic heterocycles. The van der Waals surface area contributed by atoms with Crippen molar-refractivity contribution in [2.24, 2.45) is 5.92 Å². The summed E-state index contributed by atoms with van der Waals surface area (Å²) in [4.78, 5) is 28.5. The molecule has 3 aromatic rings. The molecular weight excluding hydrogens is 420 g/mol. The molecule has 3 aromatic carbocycles. The van der Waals surface area contributed by atoms with Crippen LogP contribution in [-0.2, 0) is 16.1 Å². The summed E-state index contributed by atoms with van der Waals surface area (Å²) in [6.07, 6.45) is 0.293. The first kappa shape index (κ1) is 25.2. The van der Waals surface area contributed by atoms with E-state index in [4.69, 9.17) is 0 Å². The van der Waals surface area contributed by atoms with Crippen LogP contribution in [0.4, 0.5) is 0 Å². The Morgan fingerprint density at radius 3 is 1.94 bits per heavy atom. The number of rotatable bonds is 10. The van der Waals surface area contributed by atoms with E-state index in [0.717, 1.165) is 22.3 Å². The molecular formula is C30H36N2O2. The van der Waals surface area contributed by atoms with E-state index in [2.05, 4.69) is 49.5 Å². The highest BCUT2D eigenvalue weighted by Crippen LogP contribution is 2.29. The third kappa shape index (κ3) is 7.05. The van der Waals surface area contributed by atoms with Crippen LogP contribution in [-0.4, -0.2) is 29.3 Å². The number of nitrogens with zero attached hydrogens (tertiary/aromatic N) is 1. The summed E-state index contributed by atoms with van der Waals surface area (Å²) in [6.45, 7) is 8.97. The fourth-order valence-electron chi connectivity index (χ4n) is 4.13.